The first-order valence-electron chi connectivity index (χ1n) is 12.3. The molecule has 5 atom stereocenters. The molecule has 3 rings (SSSR count). The third kappa shape index (κ3) is 5.60. The van der Waals surface area contributed by atoms with Gasteiger partial charge >= 0.3 is 0 Å². The molecule has 2 aliphatic carbocycles. The van der Waals surface area contributed by atoms with Crippen molar-refractivity contribution >= 4 is 21.8 Å². The normalized spacial score (nSPS) is 24.2. The van der Waals surface area contributed by atoms with Crippen molar-refractivity contribution in [2.75, 3.05) is 13.1 Å². The minimum absolute atomic E-state index is 0.0773. The molecular weight excluding hydrogens is 438 g/mol. The fourth-order valence-corrected chi connectivity index (χ4v) is 7.10. The summed E-state index contributed by atoms with van der Waals surface area (Å²) >= 11 is 0. The van der Waals surface area contributed by atoms with Crippen LogP contribution in [-0.2, 0) is 14.8 Å². The van der Waals surface area contributed by atoms with Crippen LogP contribution in [0, 0.1) is 23.7 Å². The zero-order chi connectivity index (χ0) is 24.3. The third-order valence-electron chi connectivity index (χ3n) is 7.48. The standard InChI is InChI=1S/C25H39N3O4S/c1-6-28(7-2)33(31,32)21-10-8-9-20(15-21)24(29)27-23(16(3)4)25(30)26-17(5)22-14-18-11-12-19(22)13-18/h8-10,15-19,22-23H,6-7,11-14H2,1-5H3,(H,26,30)(H,27,29)/t17-,18+,19+,22+,23+/m1/s1. The Morgan fingerprint density at radius 3 is 2.30 bits per heavy atom. The van der Waals surface area contributed by atoms with Gasteiger partial charge in [0.1, 0.15) is 6.04 Å². The van der Waals surface area contributed by atoms with Crippen molar-refractivity contribution in [2.45, 2.75) is 77.3 Å². The van der Waals surface area contributed by atoms with Gasteiger partial charge in [-0.2, -0.15) is 4.31 Å². The SMILES string of the molecule is CCN(CC)S(=O)(=O)c1cccc(C(=O)N[C@H](C(=O)N[C@H](C)[C@@H]2C[C@H]3CC[C@H]2C3)C(C)C)c1. The molecule has 0 aliphatic heterocycles. The van der Waals surface area contributed by atoms with Crippen LogP contribution in [0.2, 0.25) is 0 Å². The fraction of sp³-hybridized carbons (Fsp3) is 0.680. The van der Waals surface area contributed by atoms with Crippen molar-refractivity contribution < 1.29 is 18.0 Å². The Kier molecular flexibility index (Phi) is 8.22. The van der Waals surface area contributed by atoms with E-state index in [0.717, 1.165) is 5.92 Å². The maximum absolute atomic E-state index is 13.1. The highest BCUT2D eigenvalue weighted by Gasteiger charge is 2.42. The lowest BCUT2D eigenvalue weighted by Gasteiger charge is -2.31. The molecule has 2 aliphatic rings. The highest BCUT2D eigenvalue weighted by atomic mass is 32.2. The quantitative estimate of drug-likeness (QED) is 0.540. The Hall–Kier alpha value is -1.93. The number of hydrogen-bond acceptors (Lipinski definition) is 4. The highest BCUT2D eigenvalue weighted by molar-refractivity contribution is 7.89. The third-order valence-corrected chi connectivity index (χ3v) is 9.53. The Morgan fingerprint density at radius 2 is 1.76 bits per heavy atom. The molecule has 0 spiro atoms. The predicted molar refractivity (Wildman–Crippen MR) is 129 cm³/mol. The molecule has 7 nitrogen and oxygen atoms in total. The van der Waals surface area contributed by atoms with Crippen LogP contribution in [0.25, 0.3) is 0 Å². The summed E-state index contributed by atoms with van der Waals surface area (Å²) in [5, 5.41) is 5.99. The molecule has 184 valence electrons. The lowest BCUT2D eigenvalue weighted by atomic mass is 9.84. The Morgan fingerprint density at radius 1 is 1.06 bits per heavy atom. The number of benzene rings is 1. The maximum atomic E-state index is 13.1. The number of nitrogens with zero attached hydrogens (tertiary/aromatic N) is 1. The summed E-state index contributed by atoms with van der Waals surface area (Å²) in [5.74, 6) is 1.28. The van der Waals surface area contributed by atoms with E-state index >= 15 is 0 Å². The number of rotatable bonds is 10. The van der Waals surface area contributed by atoms with Crippen LogP contribution in [0.5, 0.6) is 0 Å². The number of nitrogens with one attached hydrogen (secondary N) is 2. The van der Waals surface area contributed by atoms with Crippen molar-refractivity contribution in [3.8, 4) is 0 Å². The minimum Gasteiger partial charge on any atom is -0.352 e. The smallest absolute Gasteiger partial charge is 0.251 e. The van der Waals surface area contributed by atoms with Gasteiger partial charge in [-0.3, -0.25) is 9.59 Å². The number of carbonyl (C=O) groups excluding carboxylic acids is 2. The van der Waals surface area contributed by atoms with E-state index < -0.39 is 22.0 Å². The van der Waals surface area contributed by atoms with E-state index in [0.29, 0.717) is 24.9 Å². The summed E-state index contributed by atoms with van der Waals surface area (Å²) < 4.78 is 27.0. The Labute approximate surface area is 198 Å². The monoisotopic (exact) mass is 477 g/mol. The lowest BCUT2D eigenvalue weighted by molar-refractivity contribution is -0.125. The zero-order valence-corrected chi connectivity index (χ0v) is 21.3. The average molecular weight is 478 g/mol. The van der Waals surface area contributed by atoms with Crippen LogP contribution >= 0.6 is 0 Å². The van der Waals surface area contributed by atoms with Crippen LogP contribution in [0.4, 0.5) is 0 Å². The minimum atomic E-state index is -3.67. The van der Waals surface area contributed by atoms with Crippen molar-refractivity contribution in [2.24, 2.45) is 23.7 Å². The first-order valence-corrected chi connectivity index (χ1v) is 13.7. The van der Waals surface area contributed by atoms with Crippen LogP contribution in [0.1, 0.15) is 70.7 Å². The summed E-state index contributed by atoms with van der Waals surface area (Å²) in [4.78, 5) is 26.2. The molecule has 2 saturated carbocycles. The number of carbonyl (C=O) groups is 2. The van der Waals surface area contributed by atoms with Crippen LogP contribution < -0.4 is 10.6 Å². The second-order valence-corrected chi connectivity index (χ2v) is 11.9. The molecule has 2 fully saturated rings. The van der Waals surface area contributed by atoms with Gasteiger partial charge in [-0.25, -0.2) is 8.42 Å². The van der Waals surface area contributed by atoms with Gasteiger partial charge in [0.05, 0.1) is 4.90 Å². The molecule has 0 saturated heterocycles. The first kappa shape index (κ1) is 25.7. The molecule has 1 aromatic rings. The Balaban J connectivity index is 1.69. The van der Waals surface area contributed by atoms with Gasteiger partial charge in [-0.1, -0.05) is 40.2 Å². The van der Waals surface area contributed by atoms with E-state index in [1.807, 2.05) is 13.8 Å². The molecule has 2 bridgehead atoms. The molecule has 8 heteroatoms. The molecule has 2 N–H and O–H groups in total. The van der Waals surface area contributed by atoms with E-state index in [1.165, 1.54) is 42.1 Å². The molecule has 0 aromatic heterocycles. The Bertz CT molecular complexity index is 958. The zero-order valence-electron chi connectivity index (χ0n) is 20.5. The van der Waals surface area contributed by atoms with Crippen molar-refractivity contribution in [3.05, 3.63) is 29.8 Å². The molecule has 0 radical (unpaired) electrons. The summed E-state index contributed by atoms with van der Waals surface area (Å²) in [6.07, 6.45) is 5.03. The number of fused-ring (bicyclic) bond motifs is 2. The maximum Gasteiger partial charge on any atom is 0.251 e. The van der Waals surface area contributed by atoms with Crippen LogP contribution in [-0.4, -0.2) is 49.7 Å². The summed E-state index contributed by atoms with van der Waals surface area (Å²) in [5.41, 5.74) is 0.225. The average Bonchev–Trinajstić information content (AvgIpc) is 3.41. The molecule has 33 heavy (non-hydrogen) atoms. The first-order chi connectivity index (χ1) is 15.6. The van der Waals surface area contributed by atoms with Gasteiger partial charge in [0.2, 0.25) is 15.9 Å². The van der Waals surface area contributed by atoms with Crippen molar-refractivity contribution in [1.82, 2.24) is 14.9 Å². The van der Waals surface area contributed by atoms with Crippen LogP contribution in [0.3, 0.4) is 0 Å². The van der Waals surface area contributed by atoms with E-state index in [-0.39, 0.29) is 28.3 Å². The number of amides is 2. The molecular formula is C25H39N3O4S. The van der Waals surface area contributed by atoms with Gasteiger partial charge in [0.15, 0.2) is 0 Å². The molecule has 0 heterocycles. The molecule has 1 aromatic carbocycles. The second kappa shape index (κ2) is 10.6. The van der Waals surface area contributed by atoms with E-state index in [2.05, 4.69) is 17.6 Å². The highest BCUT2D eigenvalue weighted by Crippen LogP contribution is 2.49. The number of sulfonamides is 1. The topological polar surface area (TPSA) is 95.6 Å². The fourth-order valence-electron chi connectivity index (χ4n) is 5.60. The van der Waals surface area contributed by atoms with Crippen molar-refractivity contribution in [1.29, 1.82) is 0 Å². The lowest BCUT2D eigenvalue weighted by Crippen LogP contribution is -2.53. The van der Waals surface area contributed by atoms with Crippen molar-refractivity contribution in [3.63, 3.8) is 0 Å². The second-order valence-electron chi connectivity index (χ2n) is 9.95. The van der Waals surface area contributed by atoms with Gasteiger partial charge in [0, 0.05) is 24.7 Å². The predicted octanol–water partition coefficient (Wildman–Crippen LogP) is 3.41. The van der Waals surface area contributed by atoms with Gasteiger partial charge < -0.3 is 10.6 Å². The summed E-state index contributed by atoms with van der Waals surface area (Å²) in [7, 11) is -3.67. The van der Waals surface area contributed by atoms with E-state index in [4.69, 9.17) is 0 Å². The van der Waals surface area contributed by atoms with Crippen LogP contribution in [0.15, 0.2) is 29.2 Å². The molecule has 0 unspecified atom stereocenters. The van der Waals surface area contributed by atoms with Gasteiger partial charge in [0.25, 0.3) is 5.91 Å². The van der Waals surface area contributed by atoms with E-state index in [9.17, 15) is 18.0 Å². The van der Waals surface area contributed by atoms with Gasteiger partial charge in [-0.05, 0) is 68.1 Å². The number of hydrogen-bond donors (Lipinski definition) is 2. The largest absolute Gasteiger partial charge is 0.352 e. The van der Waals surface area contributed by atoms with E-state index in [1.54, 1.807) is 26.0 Å². The summed E-state index contributed by atoms with van der Waals surface area (Å²) in [6.45, 7) is 10.1. The molecule has 2 amide bonds. The summed E-state index contributed by atoms with van der Waals surface area (Å²) in [6, 6.07) is 5.40. The van der Waals surface area contributed by atoms with Gasteiger partial charge in [-0.15, -0.1) is 0 Å².